The number of nitrogens with zero attached hydrogens (tertiary/aromatic N) is 1. The largest absolute Gasteiger partial charge is 0.398 e. The average molecular weight is 551 g/mol. The second-order valence-corrected chi connectivity index (χ2v) is 12.5. The fourth-order valence-electron chi connectivity index (χ4n) is 4.64. The van der Waals surface area contributed by atoms with Crippen LogP contribution in [-0.4, -0.2) is 60.4 Å². The Morgan fingerprint density at radius 2 is 1.89 bits per heavy atom. The van der Waals surface area contributed by atoms with Crippen molar-refractivity contribution in [2.75, 3.05) is 43.4 Å². The lowest BCUT2D eigenvalue weighted by atomic mass is 9.83. The molecular formula is C27H39ClN4O2S2. The lowest BCUT2D eigenvalue weighted by molar-refractivity contribution is -0.123. The van der Waals surface area contributed by atoms with E-state index in [-0.39, 0.29) is 17.9 Å². The van der Waals surface area contributed by atoms with Crippen LogP contribution >= 0.6 is 35.1 Å². The van der Waals surface area contributed by atoms with E-state index in [9.17, 15) is 9.59 Å². The van der Waals surface area contributed by atoms with Crippen LogP contribution < -0.4 is 16.4 Å². The zero-order chi connectivity index (χ0) is 25.9. The number of nitrogens with one attached hydrogen (secondary N) is 2. The molecule has 0 spiro atoms. The standard InChI is InChI=1S/C27H39ClN4O2S2/c1-19(18-32-12-14-35-15-13-32)27(34)30-17-24(21-6-4-3-5-7-21)31-26(33)11-8-20(2)36-25-16-22(28)9-10-23(25)29/h9-10,16,21,24H,1-8,11-15,17-18,29H2,(H,30,34)(H,31,33). The summed E-state index contributed by atoms with van der Waals surface area (Å²) in [5.74, 6) is 2.43. The highest BCUT2D eigenvalue weighted by Gasteiger charge is 2.26. The van der Waals surface area contributed by atoms with Crippen molar-refractivity contribution in [2.24, 2.45) is 5.92 Å². The van der Waals surface area contributed by atoms with E-state index in [0.717, 1.165) is 47.2 Å². The zero-order valence-electron chi connectivity index (χ0n) is 21.0. The number of carbonyl (C=O) groups excluding carboxylic acids is 2. The van der Waals surface area contributed by atoms with E-state index in [4.69, 9.17) is 17.3 Å². The van der Waals surface area contributed by atoms with Gasteiger partial charge in [0.2, 0.25) is 11.8 Å². The SMILES string of the molecule is C=C(CCC(=O)NC(CNC(=O)C(=C)CN1CCSCC1)C1CCCCC1)Sc1cc(Cl)ccc1N. The first kappa shape index (κ1) is 29.0. The Bertz CT molecular complexity index is 930. The van der Waals surface area contributed by atoms with Gasteiger partial charge in [-0.15, -0.1) is 0 Å². The number of nitrogens with two attached hydrogens (primary N) is 1. The monoisotopic (exact) mass is 550 g/mol. The van der Waals surface area contributed by atoms with Crippen molar-refractivity contribution >= 4 is 52.6 Å². The van der Waals surface area contributed by atoms with Crippen LogP contribution in [0.15, 0.2) is 46.7 Å². The average Bonchev–Trinajstić information content (AvgIpc) is 2.88. The number of rotatable bonds is 12. The van der Waals surface area contributed by atoms with Crippen molar-refractivity contribution in [3.8, 4) is 0 Å². The summed E-state index contributed by atoms with van der Waals surface area (Å²) < 4.78 is 0. The number of halogens is 1. The molecule has 0 aromatic heterocycles. The Morgan fingerprint density at radius 1 is 1.17 bits per heavy atom. The van der Waals surface area contributed by atoms with E-state index in [1.807, 2.05) is 17.8 Å². The molecule has 3 rings (SSSR count). The molecule has 1 unspecified atom stereocenters. The van der Waals surface area contributed by atoms with Gasteiger partial charge in [-0.2, -0.15) is 11.8 Å². The Labute approximate surface area is 229 Å². The Balaban J connectivity index is 1.48. The summed E-state index contributed by atoms with van der Waals surface area (Å²) in [4.78, 5) is 29.6. The molecule has 2 fully saturated rings. The maximum Gasteiger partial charge on any atom is 0.247 e. The van der Waals surface area contributed by atoms with Crippen LogP contribution in [0.2, 0.25) is 5.02 Å². The van der Waals surface area contributed by atoms with Crippen molar-refractivity contribution in [3.63, 3.8) is 0 Å². The van der Waals surface area contributed by atoms with Crippen LogP contribution in [-0.2, 0) is 9.59 Å². The first-order valence-corrected chi connectivity index (χ1v) is 15.1. The highest BCUT2D eigenvalue weighted by atomic mass is 35.5. The van der Waals surface area contributed by atoms with Crippen molar-refractivity contribution in [1.29, 1.82) is 0 Å². The van der Waals surface area contributed by atoms with Gasteiger partial charge in [-0.3, -0.25) is 14.5 Å². The van der Waals surface area contributed by atoms with Crippen molar-refractivity contribution in [2.45, 2.75) is 55.9 Å². The summed E-state index contributed by atoms with van der Waals surface area (Å²) >= 11 is 9.47. The second kappa shape index (κ2) is 15.0. The molecule has 4 N–H and O–H groups in total. The molecule has 2 amide bonds. The van der Waals surface area contributed by atoms with Gasteiger partial charge in [0.05, 0.1) is 0 Å². The predicted octanol–water partition coefficient (Wildman–Crippen LogP) is 5.09. The summed E-state index contributed by atoms with van der Waals surface area (Å²) in [6.07, 6.45) is 6.59. The Kier molecular flexibility index (Phi) is 12.0. The van der Waals surface area contributed by atoms with E-state index in [2.05, 4.69) is 28.7 Å². The molecule has 2 aliphatic rings. The third-order valence-electron chi connectivity index (χ3n) is 6.75. The van der Waals surface area contributed by atoms with Crippen LogP contribution in [0, 0.1) is 5.92 Å². The minimum absolute atomic E-state index is 0.0229. The van der Waals surface area contributed by atoms with Gasteiger partial charge < -0.3 is 16.4 Å². The molecule has 1 atom stereocenters. The molecule has 1 saturated carbocycles. The number of anilines is 1. The number of hydrogen-bond acceptors (Lipinski definition) is 6. The van der Waals surface area contributed by atoms with Crippen molar-refractivity contribution in [3.05, 3.63) is 46.9 Å². The summed E-state index contributed by atoms with van der Waals surface area (Å²) in [6, 6.07) is 5.26. The predicted molar refractivity (Wildman–Crippen MR) is 155 cm³/mol. The van der Waals surface area contributed by atoms with Gasteiger partial charge in [0.1, 0.15) is 0 Å². The number of carbonyl (C=O) groups is 2. The quantitative estimate of drug-likeness (QED) is 0.191. The normalized spacial score (nSPS) is 17.8. The van der Waals surface area contributed by atoms with Crippen LogP contribution in [0.4, 0.5) is 5.69 Å². The van der Waals surface area contributed by atoms with Crippen LogP contribution in [0.5, 0.6) is 0 Å². The molecule has 0 bridgehead atoms. The summed E-state index contributed by atoms with van der Waals surface area (Å²) in [6.45, 7) is 11.1. The number of amides is 2. The molecule has 1 aliphatic heterocycles. The van der Waals surface area contributed by atoms with E-state index in [0.29, 0.717) is 48.1 Å². The molecule has 1 aliphatic carbocycles. The molecule has 6 nitrogen and oxygen atoms in total. The number of nitrogen functional groups attached to an aromatic ring is 1. The van der Waals surface area contributed by atoms with Gasteiger partial charge in [0, 0.05) is 71.3 Å². The number of benzene rings is 1. The van der Waals surface area contributed by atoms with Crippen molar-refractivity contribution < 1.29 is 9.59 Å². The highest BCUT2D eigenvalue weighted by molar-refractivity contribution is 8.03. The van der Waals surface area contributed by atoms with Gasteiger partial charge in [-0.25, -0.2) is 0 Å². The van der Waals surface area contributed by atoms with Crippen LogP contribution in [0.3, 0.4) is 0 Å². The van der Waals surface area contributed by atoms with Gasteiger partial charge in [-0.05, 0) is 48.3 Å². The first-order chi connectivity index (χ1) is 17.3. The lowest BCUT2D eigenvalue weighted by Gasteiger charge is -2.31. The molecule has 1 aromatic carbocycles. The number of thioether (sulfide) groups is 2. The molecular weight excluding hydrogens is 512 g/mol. The zero-order valence-corrected chi connectivity index (χ0v) is 23.4. The second-order valence-electron chi connectivity index (χ2n) is 9.60. The van der Waals surface area contributed by atoms with Gasteiger partial charge >= 0.3 is 0 Å². The Hall–Kier alpha value is -1.61. The van der Waals surface area contributed by atoms with Gasteiger partial charge in [-0.1, -0.05) is 55.8 Å². The lowest BCUT2D eigenvalue weighted by Crippen LogP contribution is -2.49. The fourth-order valence-corrected chi connectivity index (χ4v) is 6.74. The number of hydrogen-bond donors (Lipinski definition) is 3. The molecule has 1 aromatic rings. The van der Waals surface area contributed by atoms with Gasteiger partial charge in [0.15, 0.2) is 0 Å². The molecule has 1 saturated heterocycles. The van der Waals surface area contributed by atoms with Gasteiger partial charge in [0.25, 0.3) is 0 Å². The molecule has 198 valence electrons. The molecule has 1 heterocycles. The molecule has 36 heavy (non-hydrogen) atoms. The maximum absolute atomic E-state index is 12.9. The topological polar surface area (TPSA) is 87.5 Å². The molecule has 9 heteroatoms. The number of allylic oxidation sites excluding steroid dienone is 1. The van der Waals surface area contributed by atoms with E-state index < -0.39 is 0 Å². The Morgan fingerprint density at radius 3 is 2.61 bits per heavy atom. The highest BCUT2D eigenvalue weighted by Crippen LogP contribution is 2.34. The smallest absolute Gasteiger partial charge is 0.247 e. The summed E-state index contributed by atoms with van der Waals surface area (Å²) in [7, 11) is 0. The van der Waals surface area contributed by atoms with Crippen molar-refractivity contribution in [1.82, 2.24) is 15.5 Å². The fraction of sp³-hybridized carbons (Fsp3) is 0.556. The van der Waals surface area contributed by atoms with Crippen LogP contribution in [0.1, 0.15) is 44.9 Å². The third-order valence-corrected chi connectivity index (χ3v) is 8.99. The summed E-state index contributed by atoms with van der Waals surface area (Å²) in [5, 5.41) is 6.88. The van der Waals surface area contributed by atoms with E-state index in [1.54, 1.807) is 12.1 Å². The summed E-state index contributed by atoms with van der Waals surface area (Å²) in [5.41, 5.74) is 7.26. The van der Waals surface area contributed by atoms with E-state index in [1.165, 1.54) is 31.0 Å². The van der Waals surface area contributed by atoms with Crippen LogP contribution in [0.25, 0.3) is 0 Å². The minimum Gasteiger partial charge on any atom is -0.398 e. The van der Waals surface area contributed by atoms with E-state index >= 15 is 0 Å². The first-order valence-electron chi connectivity index (χ1n) is 12.8. The molecule has 0 radical (unpaired) electrons. The minimum atomic E-state index is -0.118. The maximum atomic E-state index is 12.9. The third kappa shape index (κ3) is 9.69.